The Labute approximate surface area is 215 Å². The van der Waals surface area contributed by atoms with Gasteiger partial charge in [0.15, 0.2) is 0 Å². The van der Waals surface area contributed by atoms with Crippen LogP contribution >= 0.6 is 11.6 Å². The molecule has 190 valence electrons. The van der Waals surface area contributed by atoms with Crippen LogP contribution in [0.2, 0.25) is 0 Å². The number of hydrogen-bond donors (Lipinski definition) is 1. The lowest BCUT2D eigenvalue weighted by Gasteiger charge is -2.37. The number of ether oxygens (including phenoxy) is 3. The molecule has 0 saturated heterocycles. The summed E-state index contributed by atoms with van der Waals surface area (Å²) in [5.74, 6) is 0.974. The highest BCUT2D eigenvalue weighted by Gasteiger charge is 2.43. The van der Waals surface area contributed by atoms with Gasteiger partial charge in [-0.05, 0) is 35.8 Å². The van der Waals surface area contributed by atoms with E-state index in [4.69, 9.17) is 25.8 Å². The number of rotatable bonds is 9. The summed E-state index contributed by atoms with van der Waals surface area (Å²) in [4.78, 5) is 14.9. The summed E-state index contributed by atoms with van der Waals surface area (Å²) in [5, 5.41) is 12.2. The van der Waals surface area contributed by atoms with Crippen LogP contribution in [0.1, 0.15) is 24.4 Å². The van der Waals surface area contributed by atoms with Crippen LogP contribution < -0.4 is 10.1 Å². The van der Waals surface area contributed by atoms with E-state index in [-0.39, 0.29) is 30.7 Å². The zero-order valence-corrected chi connectivity index (χ0v) is 20.9. The molecule has 1 amide bonds. The van der Waals surface area contributed by atoms with Crippen LogP contribution in [0.3, 0.4) is 0 Å². The summed E-state index contributed by atoms with van der Waals surface area (Å²) in [7, 11) is 1.59. The Morgan fingerprint density at radius 1 is 1.22 bits per heavy atom. The Morgan fingerprint density at radius 3 is 2.86 bits per heavy atom. The van der Waals surface area contributed by atoms with E-state index < -0.39 is 0 Å². The van der Waals surface area contributed by atoms with E-state index in [1.165, 1.54) is 5.57 Å². The molecule has 0 spiro atoms. The average Bonchev–Trinajstić information content (AvgIpc) is 3.54. The van der Waals surface area contributed by atoms with E-state index in [1.807, 2.05) is 36.5 Å². The number of methoxy groups -OCH3 is 1. The van der Waals surface area contributed by atoms with E-state index in [0.717, 1.165) is 41.4 Å². The van der Waals surface area contributed by atoms with Crippen molar-refractivity contribution in [2.45, 2.75) is 31.5 Å². The minimum Gasteiger partial charge on any atom is -0.494 e. The zero-order valence-electron chi connectivity index (χ0n) is 20.2. The third kappa shape index (κ3) is 5.27. The van der Waals surface area contributed by atoms with Crippen molar-refractivity contribution in [2.75, 3.05) is 33.5 Å². The Kier molecular flexibility index (Phi) is 7.58. The number of hydrogen-bond acceptors (Lipinski definition) is 7. The number of carbonyl (C=O) groups excluding carboxylic acids is 1. The molecule has 2 aliphatic heterocycles. The standard InChI is InChI=1S/C26H30ClN5O4/c1-34-15-16-36-26(33)32-12-9-21-22-17-19(27)5-8-23(22)29-24(21)25(32)18-3-6-20(7-4-18)35-14-2-11-31-13-10-28-30-31/h3-8,10,13,17,22-23,25,29H,2,9,11-12,14-16H2,1H3. The summed E-state index contributed by atoms with van der Waals surface area (Å²) in [5.41, 5.74) is 3.33. The summed E-state index contributed by atoms with van der Waals surface area (Å²) in [6, 6.07) is 7.80. The summed E-state index contributed by atoms with van der Waals surface area (Å²) >= 11 is 6.32. The topological polar surface area (TPSA) is 90.7 Å². The first kappa shape index (κ1) is 24.4. The van der Waals surface area contributed by atoms with Crippen LogP contribution in [0.25, 0.3) is 0 Å². The van der Waals surface area contributed by atoms with Crippen molar-refractivity contribution in [3.05, 3.63) is 76.8 Å². The second-order valence-electron chi connectivity index (χ2n) is 8.94. The van der Waals surface area contributed by atoms with E-state index in [1.54, 1.807) is 22.9 Å². The number of nitrogens with one attached hydrogen (secondary N) is 1. The van der Waals surface area contributed by atoms with Gasteiger partial charge in [-0.15, -0.1) is 5.10 Å². The van der Waals surface area contributed by atoms with Crippen molar-refractivity contribution in [3.8, 4) is 5.75 Å². The van der Waals surface area contributed by atoms with Crippen LogP contribution in [-0.4, -0.2) is 65.5 Å². The third-order valence-corrected chi connectivity index (χ3v) is 6.93. The van der Waals surface area contributed by atoms with E-state index in [2.05, 4.69) is 27.8 Å². The fraction of sp³-hybridized carbons (Fsp3) is 0.423. The number of nitrogens with zero attached hydrogens (tertiary/aromatic N) is 4. The molecule has 1 aromatic heterocycles. The number of benzene rings is 1. The lowest BCUT2D eigenvalue weighted by atomic mass is 9.85. The maximum atomic E-state index is 13.1. The van der Waals surface area contributed by atoms with Gasteiger partial charge in [0.25, 0.3) is 0 Å². The van der Waals surface area contributed by atoms with Crippen molar-refractivity contribution >= 4 is 17.7 Å². The van der Waals surface area contributed by atoms with Gasteiger partial charge >= 0.3 is 6.09 Å². The van der Waals surface area contributed by atoms with Gasteiger partial charge < -0.3 is 19.5 Å². The molecule has 1 aromatic carbocycles. The minimum atomic E-state index is -0.349. The highest BCUT2D eigenvalue weighted by Crippen LogP contribution is 2.44. The second-order valence-corrected chi connectivity index (χ2v) is 9.37. The van der Waals surface area contributed by atoms with Crippen LogP contribution in [0.4, 0.5) is 4.79 Å². The number of carbonyl (C=O) groups is 1. The second kappa shape index (κ2) is 11.2. The number of amides is 1. The molecule has 0 fully saturated rings. The third-order valence-electron chi connectivity index (χ3n) is 6.68. The molecule has 1 aliphatic carbocycles. The largest absolute Gasteiger partial charge is 0.494 e. The van der Waals surface area contributed by atoms with Crippen LogP contribution in [0.5, 0.6) is 5.75 Å². The fourth-order valence-corrected chi connectivity index (χ4v) is 5.20. The SMILES string of the molecule is COCCOC(=O)N1CCC2=C(NC3C=CC(Cl)=CC23)C1c1ccc(OCCCn2ccnn2)cc1. The Hall–Kier alpha value is -3.30. The number of aryl methyl sites for hydroxylation is 1. The van der Waals surface area contributed by atoms with Crippen molar-refractivity contribution in [1.29, 1.82) is 0 Å². The molecule has 3 atom stereocenters. The smallest absolute Gasteiger partial charge is 0.410 e. The monoisotopic (exact) mass is 511 g/mol. The molecule has 10 heteroatoms. The molecule has 36 heavy (non-hydrogen) atoms. The summed E-state index contributed by atoms with van der Waals surface area (Å²) in [6.45, 7) is 2.46. The highest BCUT2D eigenvalue weighted by atomic mass is 35.5. The Morgan fingerprint density at radius 2 is 2.08 bits per heavy atom. The van der Waals surface area contributed by atoms with Crippen molar-refractivity contribution < 1.29 is 19.0 Å². The average molecular weight is 512 g/mol. The van der Waals surface area contributed by atoms with Crippen molar-refractivity contribution in [1.82, 2.24) is 25.2 Å². The molecule has 5 rings (SSSR count). The summed E-state index contributed by atoms with van der Waals surface area (Å²) in [6.07, 6.45) is 10.9. The molecule has 2 aromatic rings. The summed E-state index contributed by atoms with van der Waals surface area (Å²) < 4.78 is 18.3. The number of halogens is 1. The highest BCUT2D eigenvalue weighted by molar-refractivity contribution is 6.31. The Bertz CT molecular complexity index is 1150. The van der Waals surface area contributed by atoms with Crippen LogP contribution in [0, 0.1) is 5.92 Å². The number of allylic oxidation sites excluding steroid dienone is 2. The normalized spacial score (nSPS) is 22.6. The van der Waals surface area contributed by atoms with Gasteiger partial charge in [-0.25, -0.2) is 4.79 Å². The van der Waals surface area contributed by atoms with Gasteiger partial charge in [0.05, 0.1) is 25.5 Å². The number of fused-ring (bicyclic) bond motifs is 2. The molecule has 3 heterocycles. The Balaban J connectivity index is 1.33. The molecule has 9 nitrogen and oxygen atoms in total. The first-order chi connectivity index (χ1) is 17.6. The van der Waals surface area contributed by atoms with E-state index in [0.29, 0.717) is 19.8 Å². The molecular weight excluding hydrogens is 482 g/mol. The van der Waals surface area contributed by atoms with Crippen LogP contribution in [0.15, 0.2) is 71.2 Å². The quantitative estimate of drug-likeness (QED) is 0.512. The van der Waals surface area contributed by atoms with Crippen molar-refractivity contribution in [2.24, 2.45) is 5.92 Å². The van der Waals surface area contributed by atoms with Crippen molar-refractivity contribution in [3.63, 3.8) is 0 Å². The maximum Gasteiger partial charge on any atom is 0.410 e. The van der Waals surface area contributed by atoms with Gasteiger partial charge in [0, 0.05) is 49.5 Å². The van der Waals surface area contributed by atoms with Gasteiger partial charge in [0.2, 0.25) is 0 Å². The molecule has 3 unspecified atom stereocenters. The fourth-order valence-electron chi connectivity index (χ4n) is 4.99. The number of aromatic nitrogens is 3. The predicted molar refractivity (Wildman–Crippen MR) is 134 cm³/mol. The van der Waals surface area contributed by atoms with Gasteiger partial charge in [-0.2, -0.15) is 0 Å². The molecule has 0 saturated carbocycles. The first-order valence-electron chi connectivity index (χ1n) is 12.2. The van der Waals surface area contributed by atoms with Gasteiger partial charge in [-0.3, -0.25) is 9.58 Å². The molecular formula is C26H30ClN5O4. The lowest BCUT2D eigenvalue weighted by molar-refractivity contribution is 0.0624. The van der Waals surface area contributed by atoms with E-state index in [9.17, 15) is 4.79 Å². The van der Waals surface area contributed by atoms with E-state index >= 15 is 0 Å². The maximum absolute atomic E-state index is 13.1. The van der Waals surface area contributed by atoms with Crippen LogP contribution in [-0.2, 0) is 16.0 Å². The van der Waals surface area contributed by atoms with Gasteiger partial charge in [0.1, 0.15) is 18.4 Å². The molecule has 0 radical (unpaired) electrons. The lowest BCUT2D eigenvalue weighted by Crippen LogP contribution is -2.42. The minimum absolute atomic E-state index is 0.136. The first-order valence-corrected chi connectivity index (χ1v) is 12.6. The zero-order chi connectivity index (χ0) is 24.9. The molecule has 0 bridgehead atoms. The molecule has 3 aliphatic rings. The predicted octanol–water partition coefficient (Wildman–Crippen LogP) is 3.81. The van der Waals surface area contributed by atoms with Gasteiger partial charge in [-0.1, -0.05) is 41.1 Å². The molecule has 1 N–H and O–H groups in total.